The SMILES string of the molecule is Cc1ccc(Nc2nc(N)nc(CS)n2)cc1. The summed E-state index contributed by atoms with van der Waals surface area (Å²) in [5.41, 5.74) is 7.68. The molecule has 0 atom stereocenters. The number of hydrogen-bond donors (Lipinski definition) is 3. The van der Waals surface area contributed by atoms with E-state index in [0.717, 1.165) is 5.69 Å². The van der Waals surface area contributed by atoms with E-state index in [1.807, 2.05) is 31.2 Å². The number of nitrogens with zero attached hydrogens (tertiary/aromatic N) is 3. The number of aromatic nitrogens is 3. The smallest absolute Gasteiger partial charge is 0.232 e. The lowest BCUT2D eigenvalue weighted by Gasteiger charge is -2.06. The number of nitrogens with one attached hydrogen (secondary N) is 1. The first-order chi connectivity index (χ1) is 8.17. The molecule has 0 aliphatic rings. The zero-order valence-electron chi connectivity index (χ0n) is 9.38. The number of nitrogens with two attached hydrogens (primary N) is 1. The molecule has 0 aliphatic carbocycles. The van der Waals surface area contributed by atoms with Crippen LogP contribution in [0.5, 0.6) is 0 Å². The number of rotatable bonds is 3. The van der Waals surface area contributed by atoms with E-state index in [0.29, 0.717) is 17.5 Å². The molecule has 0 saturated carbocycles. The maximum Gasteiger partial charge on any atom is 0.232 e. The number of benzene rings is 1. The molecule has 1 heterocycles. The van der Waals surface area contributed by atoms with Crippen LogP contribution in [0.15, 0.2) is 24.3 Å². The second kappa shape index (κ2) is 5.01. The zero-order valence-corrected chi connectivity index (χ0v) is 10.3. The van der Waals surface area contributed by atoms with Gasteiger partial charge in [-0.3, -0.25) is 0 Å². The van der Waals surface area contributed by atoms with Crippen molar-refractivity contribution in [1.82, 2.24) is 15.0 Å². The van der Waals surface area contributed by atoms with Gasteiger partial charge in [0, 0.05) is 5.69 Å². The summed E-state index contributed by atoms with van der Waals surface area (Å²) in [6.07, 6.45) is 0. The molecule has 0 aliphatic heterocycles. The van der Waals surface area contributed by atoms with E-state index in [9.17, 15) is 0 Å². The summed E-state index contributed by atoms with van der Waals surface area (Å²) in [6.45, 7) is 2.03. The third-order valence-corrected chi connectivity index (χ3v) is 2.43. The van der Waals surface area contributed by atoms with Gasteiger partial charge >= 0.3 is 0 Å². The van der Waals surface area contributed by atoms with Gasteiger partial charge in [0.05, 0.1) is 5.75 Å². The average Bonchev–Trinajstić information content (AvgIpc) is 2.31. The molecule has 0 spiro atoms. The standard InChI is InChI=1S/C11H13N5S/c1-7-2-4-8(5-3-7)13-11-15-9(6-17)14-10(12)16-11/h2-5,17H,6H2,1H3,(H3,12,13,14,15,16). The highest BCUT2D eigenvalue weighted by atomic mass is 32.1. The quantitative estimate of drug-likeness (QED) is 0.722. The lowest BCUT2D eigenvalue weighted by molar-refractivity contribution is 0.984. The minimum Gasteiger partial charge on any atom is -0.368 e. The summed E-state index contributed by atoms with van der Waals surface area (Å²) in [5.74, 6) is 1.61. The van der Waals surface area contributed by atoms with E-state index in [1.165, 1.54) is 5.56 Å². The Hall–Kier alpha value is -1.82. The van der Waals surface area contributed by atoms with Crippen LogP contribution in [0.1, 0.15) is 11.4 Å². The minimum atomic E-state index is 0.193. The molecule has 5 nitrogen and oxygen atoms in total. The van der Waals surface area contributed by atoms with Crippen LogP contribution in [0.2, 0.25) is 0 Å². The number of anilines is 3. The van der Waals surface area contributed by atoms with Gasteiger partial charge in [-0.15, -0.1) is 0 Å². The second-order valence-electron chi connectivity index (χ2n) is 3.58. The molecule has 0 bridgehead atoms. The zero-order chi connectivity index (χ0) is 12.3. The molecular weight excluding hydrogens is 234 g/mol. The molecule has 2 aromatic rings. The molecule has 1 aromatic carbocycles. The summed E-state index contributed by atoms with van der Waals surface area (Å²) in [7, 11) is 0. The lowest BCUT2D eigenvalue weighted by atomic mass is 10.2. The molecule has 6 heteroatoms. The highest BCUT2D eigenvalue weighted by Crippen LogP contribution is 2.14. The molecule has 0 fully saturated rings. The van der Waals surface area contributed by atoms with Crippen LogP contribution in [-0.2, 0) is 5.75 Å². The fourth-order valence-corrected chi connectivity index (χ4v) is 1.47. The van der Waals surface area contributed by atoms with Crippen LogP contribution in [0.25, 0.3) is 0 Å². The van der Waals surface area contributed by atoms with Crippen molar-refractivity contribution in [3.05, 3.63) is 35.7 Å². The van der Waals surface area contributed by atoms with Crippen molar-refractivity contribution < 1.29 is 0 Å². The Balaban J connectivity index is 2.23. The van der Waals surface area contributed by atoms with Crippen molar-refractivity contribution in [2.45, 2.75) is 12.7 Å². The molecule has 0 unspecified atom stereocenters. The van der Waals surface area contributed by atoms with Crippen LogP contribution < -0.4 is 11.1 Å². The third kappa shape index (κ3) is 3.07. The number of nitrogen functional groups attached to an aromatic ring is 1. The Kier molecular flexibility index (Phi) is 3.43. The van der Waals surface area contributed by atoms with Gasteiger partial charge < -0.3 is 11.1 Å². The van der Waals surface area contributed by atoms with Crippen molar-refractivity contribution in [1.29, 1.82) is 0 Å². The maximum atomic E-state index is 5.58. The monoisotopic (exact) mass is 247 g/mol. The molecule has 0 amide bonds. The van der Waals surface area contributed by atoms with Crippen molar-refractivity contribution in [2.75, 3.05) is 11.1 Å². The number of aryl methyl sites for hydroxylation is 1. The van der Waals surface area contributed by atoms with Crippen molar-refractivity contribution in [3.63, 3.8) is 0 Å². The van der Waals surface area contributed by atoms with E-state index >= 15 is 0 Å². The van der Waals surface area contributed by atoms with Gasteiger partial charge in [0.15, 0.2) is 0 Å². The first-order valence-corrected chi connectivity index (χ1v) is 5.75. The lowest BCUT2D eigenvalue weighted by Crippen LogP contribution is -2.06. The predicted molar refractivity (Wildman–Crippen MR) is 71.4 cm³/mol. The van der Waals surface area contributed by atoms with Crippen molar-refractivity contribution in [3.8, 4) is 0 Å². The van der Waals surface area contributed by atoms with E-state index in [-0.39, 0.29) is 5.95 Å². The minimum absolute atomic E-state index is 0.193. The van der Waals surface area contributed by atoms with Crippen LogP contribution in [0.4, 0.5) is 17.6 Å². The van der Waals surface area contributed by atoms with E-state index < -0.39 is 0 Å². The molecule has 1 aromatic heterocycles. The van der Waals surface area contributed by atoms with Crippen molar-refractivity contribution >= 4 is 30.2 Å². The molecule has 3 N–H and O–H groups in total. The fourth-order valence-electron chi connectivity index (χ4n) is 1.33. The van der Waals surface area contributed by atoms with Gasteiger partial charge in [-0.25, -0.2) is 0 Å². The molecule has 0 radical (unpaired) electrons. The Bertz CT molecular complexity index is 512. The summed E-state index contributed by atoms with van der Waals surface area (Å²) in [4.78, 5) is 12.1. The summed E-state index contributed by atoms with van der Waals surface area (Å²) in [6, 6.07) is 7.92. The predicted octanol–water partition coefficient (Wildman–Crippen LogP) is 1.94. The average molecular weight is 247 g/mol. The van der Waals surface area contributed by atoms with E-state index in [1.54, 1.807) is 0 Å². The first-order valence-electron chi connectivity index (χ1n) is 5.12. The van der Waals surface area contributed by atoms with Crippen molar-refractivity contribution in [2.24, 2.45) is 0 Å². The van der Waals surface area contributed by atoms with Crippen LogP contribution in [0.3, 0.4) is 0 Å². The summed E-state index contributed by atoms with van der Waals surface area (Å²) >= 11 is 4.11. The molecule has 0 saturated heterocycles. The highest BCUT2D eigenvalue weighted by molar-refractivity contribution is 7.79. The van der Waals surface area contributed by atoms with Crippen LogP contribution >= 0.6 is 12.6 Å². The first kappa shape index (κ1) is 11.7. The largest absolute Gasteiger partial charge is 0.368 e. The Morgan fingerprint density at radius 1 is 1.18 bits per heavy atom. The Morgan fingerprint density at radius 3 is 2.53 bits per heavy atom. The normalized spacial score (nSPS) is 10.2. The highest BCUT2D eigenvalue weighted by Gasteiger charge is 2.03. The van der Waals surface area contributed by atoms with Gasteiger partial charge in [0.2, 0.25) is 11.9 Å². The summed E-state index contributed by atoms with van der Waals surface area (Å²) in [5, 5.41) is 3.07. The third-order valence-electron chi connectivity index (χ3n) is 2.15. The van der Waals surface area contributed by atoms with Gasteiger partial charge in [0.25, 0.3) is 0 Å². The van der Waals surface area contributed by atoms with Gasteiger partial charge in [-0.1, -0.05) is 17.7 Å². The maximum absolute atomic E-state index is 5.58. The van der Waals surface area contributed by atoms with E-state index in [2.05, 4.69) is 32.9 Å². The number of hydrogen-bond acceptors (Lipinski definition) is 6. The number of thiol groups is 1. The summed E-state index contributed by atoms with van der Waals surface area (Å²) < 4.78 is 0. The van der Waals surface area contributed by atoms with Gasteiger partial charge in [-0.05, 0) is 19.1 Å². The van der Waals surface area contributed by atoms with Crippen LogP contribution in [0, 0.1) is 6.92 Å². The molecule has 2 rings (SSSR count). The van der Waals surface area contributed by atoms with Crippen LogP contribution in [-0.4, -0.2) is 15.0 Å². The Labute approximate surface area is 105 Å². The molecule has 88 valence electrons. The second-order valence-corrected chi connectivity index (χ2v) is 3.90. The fraction of sp³-hybridized carbons (Fsp3) is 0.182. The topological polar surface area (TPSA) is 76.7 Å². The molecule has 17 heavy (non-hydrogen) atoms. The van der Waals surface area contributed by atoms with Gasteiger partial charge in [-0.2, -0.15) is 27.6 Å². The van der Waals surface area contributed by atoms with Gasteiger partial charge in [0.1, 0.15) is 5.82 Å². The Morgan fingerprint density at radius 2 is 1.88 bits per heavy atom. The van der Waals surface area contributed by atoms with E-state index in [4.69, 9.17) is 5.73 Å². The molecular formula is C11H13N5S.